The van der Waals surface area contributed by atoms with Crippen molar-refractivity contribution < 1.29 is 13.2 Å². The van der Waals surface area contributed by atoms with Gasteiger partial charge in [0.1, 0.15) is 0 Å². The van der Waals surface area contributed by atoms with Gasteiger partial charge in [0.15, 0.2) is 0 Å². The monoisotopic (exact) mass is 387 g/mol. The lowest BCUT2D eigenvalue weighted by Gasteiger charge is -2.35. The lowest BCUT2D eigenvalue weighted by molar-refractivity contribution is 0.0697. The molecule has 1 aromatic carbocycles. The van der Waals surface area contributed by atoms with E-state index < -0.39 is 10.2 Å². The summed E-state index contributed by atoms with van der Waals surface area (Å²) >= 11 is 7.73. The summed E-state index contributed by atoms with van der Waals surface area (Å²) in [5, 5.41) is 3.16. The van der Waals surface area contributed by atoms with Crippen LogP contribution in [-0.4, -0.2) is 68.1 Å². The van der Waals surface area contributed by atoms with E-state index in [4.69, 9.17) is 11.6 Å². The third kappa shape index (κ3) is 3.04. The standard InChI is InChI=1S/C15H18ClN3O3S2/c1-17(2)24(21,22)19-8-6-18(7-9-19)15(20)11-10-23-13-5-3-4-12(16)14(11)13/h3-5,10H,6-9H2,1-2H3. The topological polar surface area (TPSA) is 60.9 Å². The van der Waals surface area contributed by atoms with E-state index in [1.54, 1.807) is 11.0 Å². The minimum atomic E-state index is -3.43. The number of piperazine rings is 1. The van der Waals surface area contributed by atoms with E-state index in [0.717, 1.165) is 10.1 Å². The molecule has 9 heteroatoms. The summed E-state index contributed by atoms with van der Waals surface area (Å²) in [5.41, 5.74) is 0.588. The number of carbonyl (C=O) groups is 1. The first-order valence-electron chi connectivity index (χ1n) is 7.45. The van der Waals surface area contributed by atoms with Crippen molar-refractivity contribution in [3.63, 3.8) is 0 Å². The van der Waals surface area contributed by atoms with Gasteiger partial charge in [0.25, 0.3) is 16.1 Å². The first kappa shape index (κ1) is 17.6. The molecular weight excluding hydrogens is 370 g/mol. The van der Waals surface area contributed by atoms with Crippen LogP contribution in [0.2, 0.25) is 5.02 Å². The minimum Gasteiger partial charge on any atom is -0.336 e. The fourth-order valence-electron chi connectivity index (χ4n) is 2.73. The minimum absolute atomic E-state index is 0.101. The van der Waals surface area contributed by atoms with E-state index in [-0.39, 0.29) is 5.91 Å². The molecule has 0 radical (unpaired) electrons. The Morgan fingerprint density at radius 1 is 1.21 bits per heavy atom. The van der Waals surface area contributed by atoms with Crippen LogP contribution in [0.15, 0.2) is 23.6 Å². The third-order valence-electron chi connectivity index (χ3n) is 4.09. The smallest absolute Gasteiger partial charge is 0.281 e. The molecule has 1 aliphatic heterocycles. The summed E-state index contributed by atoms with van der Waals surface area (Å²) in [6.45, 7) is 1.32. The Bertz CT molecular complexity index is 871. The lowest BCUT2D eigenvalue weighted by atomic mass is 10.1. The van der Waals surface area contributed by atoms with Gasteiger partial charge in [0.2, 0.25) is 0 Å². The molecule has 1 aliphatic rings. The number of carbonyl (C=O) groups excluding carboxylic acids is 1. The van der Waals surface area contributed by atoms with E-state index >= 15 is 0 Å². The van der Waals surface area contributed by atoms with Crippen LogP contribution in [0.25, 0.3) is 10.1 Å². The largest absolute Gasteiger partial charge is 0.336 e. The van der Waals surface area contributed by atoms with Gasteiger partial charge in [-0.25, -0.2) is 0 Å². The summed E-state index contributed by atoms with van der Waals surface area (Å²) in [5.74, 6) is -0.101. The fraction of sp³-hybridized carbons (Fsp3) is 0.400. The van der Waals surface area contributed by atoms with Crippen molar-refractivity contribution in [3.05, 3.63) is 34.2 Å². The highest BCUT2D eigenvalue weighted by atomic mass is 35.5. The first-order valence-corrected chi connectivity index (χ1v) is 10.1. The zero-order chi connectivity index (χ0) is 17.5. The SMILES string of the molecule is CN(C)S(=O)(=O)N1CCN(C(=O)c2csc3cccc(Cl)c23)CC1. The Kier molecular flexibility index (Phi) is 4.85. The molecule has 1 amide bonds. The molecule has 130 valence electrons. The predicted octanol–water partition coefficient (Wildman–Crippen LogP) is 2.12. The maximum Gasteiger partial charge on any atom is 0.281 e. The van der Waals surface area contributed by atoms with Crippen molar-refractivity contribution in [1.29, 1.82) is 0 Å². The van der Waals surface area contributed by atoms with Crippen molar-refractivity contribution in [2.45, 2.75) is 0 Å². The Labute approximate surface area is 150 Å². The third-order valence-corrected chi connectivity index (χ3v) is 7.30. The second-order valence-corrected chi connectivity index (χ2v) is 9.20. The average molecular weight is 388 g/mol. The van der Waals surface area contributed by atoms with Crippen LogP contribution in [0.3, 0.4) is 0 Å². The van der Waals surface area contributed by atoms with Crippen LogP contribution < -0.4 is 0 Å². The van der Waals surface area contributed by atoms with Crippen LogP contribution in [0.5, 0.6) is 0 Å². The number of thiophene rings is 1. The molecule has 1 aromatic heterocycles. The van der Waals surface area contributed by atoms with Crippen molar-refractivity contribution in [2.24, 2.45) is 0 Å². The first-order chi connectivity index (χ1) is 11.3. The molecule has 0 N–H and O–H groups in total. The average Bonchev–Trinajstić information content (AvgIpc) is 2.99. The van der Waals surface area contributed by atoms with Gasteiger partial charge in [0, 0.05) is 55.7 Å². The van der Waals surface area contributed by atoms with Gasteiger partial charge in [-0.05, 0) is 12.1 Å². The highest BCUT2D eigenvalue weighted by Crippen LogP contribution is 2.33. The molecular formula is C15H18ClN3O3S2. The molecule has 0 atom stereocenters. The van der Waals surface area contributed by atoms with Gasteiger partial charge in [-0.1, -0.05) is 17.7 Å². The zero-order valence-electron chi connectivity index (χ0n) is 13.4. The van der Waals surface area contributed by atoms with Gasteiger partial charge >= 0.3 is 0 Å². The normalized spacial score (nSPS) is 16.9. The van der Waals surface area contributed by atoms with Gasteiger partial charge in [-0.2, -0.15) is 17.0 Å². The van der Waals surface area contributed by atoms with E-state index in [9.17, 15) is 13.2 Å². The molecule has 0 saturated carbocycles. The number of rotatable bonds is 3. The molecule has 6 nitrogen and oxygen atoms in total. The summed E-state index contributed by atoms with van der Waals surface area (Å²) in [6.07, 6.45) is 0. The predicted molar refractivity (Wildman–Crippen MR) is 96.9 cm³/mol. The van der Waals surface area contributed by atoms with Crippen molar-refractivity contribution in [2.75, 3.05) is 40.3 Å². The fourth-order valence-corrected chi connectivity index (χ4v) is 5.10. The van der Waals surface area contributed by atoms with E-state index in [2.05, 4.69) is 0 Å². The Morgan fingerprint density at radius 3 is 2.50 bits per heavy atom. The van der Waals surface area contributed by atoms with Crippen LogP contribution in [0, 0.1) is 0 Å². The second kappa shape index (κ2) is 6.61. The summed E-state index contributed by atoms with van der Waals surface area (Å²) in [4.78, 5) is 14.5. The number of nitrogens with zero attached hydrogens (tertiary/aromatic N) is 3. The summed E-state index contributed by atoms with van der Waals surface area (Å²) in [7, 11) is -0.422. The van der Waals surface area contributed by atoms with E-state index in [1.807, 2.05) is 17.5 Å². The molecule has 2 heterocycles. The maximum absolute atomic E-state index is 12.8. The number of amides is 1. The summed E-state index contributed by atoms with van der Waals surface area (Å²) in [6, 6.07) is 5.57. The van der Waals surface area contributed by atoms with E-state index in [1.165, 1.54) is 34.0 Å². The summed E-state index contributed by atoms with van der Waals surface area (Å²) < 4.78 is 27.8. The highest BCUT2D eigenvalue weighted by Gasteiger charge is 2.31. The highest BCUT2D eigenvalue weighted by molar-refractivity contribution is 7.86. The van der Waals surface area contributed by atoms with Crippen LogP contribution in [-0.2, 0) is 10.2 Å². The molecule has 0 spiro atoms. The Hall–Kier alpha value is -1.19. The van der Waals surface area contributed by atoms with Crippen LogP contribution in [0.1, 0.15) is 10.4 Å². The van der Waals surface area contributed by atoms with Gasteiger partial charge in [-0.3, -0.25) is 4.79 Å². The number of hydrogen-bond acceptors (Lipinski definition) is 4. The quantitative estimate of drug-likeness (QED) is 0.810. The molecule has 0 bridgehead atoms. The van der Waals surface area contributed by atoms with E-state index in [0.29, 0.717) is 36.8 Å². The molecule has 0 unspecified atom stereocenters. The molecule has 2 aromatic rings. The molecule has 24 heavy (non-hydrogen) atoms. The van der Waals surface area contributed by atoms with Crippen LogP contribution >= 0.6 is 22.9 Å². The Balaban J connectivity index is 1.78. The lowest BCUT2D eigenvalue weighted by Crippen LogP contribution is -2.53. The number of hydrogen-bond donors (Lipinski definition) is 0. The van der Waals surface area contributed by atoms with Gasteiger partial charge in [0.05, 0.1) is 10.6 Å². The Morgan fingerprint density at radius 2 is 1.88 bits per heavy atom. The number of halogens is 1. The van der Waals surface area contributed by atoms with Crippen molar-refractivity contribution >= 4 is 49.1 Å². The maximum atomic E-state index is 12.8. The van der Waals surface area contributed by atoms with Gasteiger partial charge < -0.3 is 4.90 Å². The van der Waals surface area contributed by atoms with Crippen molar-refractivity contribution in [3.8, 4) is 0 Å². The number of benzene rings is 1. The zero-order valence-corrected chi connectivity index (χ0v) is 15.8. The molecule has 1 fully saturated rings. The van der Waals surface area contributed by atoms with Gasteiger partial charge in [-0.15, -0.1) is 11.3 Å². The van der Waals surface area contributed by atoms with Crippen molar-refractivity contribution in [1.82, 2.24) is 13.5 Å². The second-order valence-electron chi connectivity index (χ2n) is 5.74. The molecule has 0 aliphatic carbocycles. The number of fused-ring (bicyclic) bond motifs is 1. The molecule has 1 saturated heterocycles. The van der Waals surface area contributed by atoms with Crippen LogP contribution in [0.4, 0.5) is 0 Å². The molecule has 3 rings (SSSR count).